The summed E-state index contributed by atoms with van der Waals surface area (Å²) >= 11 is 1.69. The lowest BCUT2D eigenvalue weighted by Gasteiger charge is -2.12. The first-order chi connectivity index (χ1) is 13.2. The lowest BCUT2D eigenvalue weighted by molar-refractivity contribution is 0.310. The maximum absolute atomic E-state index is 5.65. The standard InChI is InChI=1S/C20H30N4O2S/c1-5-21-20(24-14-17-13-23-15(3)27-17)22-11-7-8-16-9-10-18(25-4)19(12-16)26-6-2/h9-10,12-13H,5-8,11,14H2,1-4H3,(H2,21,22,24). The van der Waals surface area contributed by atoms with Crippen LogP contribution in [0.2, 0.25) is 0 Å². The number of rotatable bonds is 10. The fourth-order valence-electron chi connectivity index (χ4n) is 2.62. The molecule has 1 aromatic heterocycles. The summed E-state index contributed by atoms with van der Waals surface area (Å²) < 4.78 is 11.0. The van der Waals surface area contributed by atoms with E-state index in [2.05, 4.69) is 39.7 Å². The summed E-state index contributed by atoms with van der Waals surface area (Å²) in [5.41, 5.74) is 1.24. The molecular formula is C20H30N4O2S. The Hall–Kier alpha value is -2.28. The minimum atomic E-state index is 0.628. The third kappa shape index (κ3) is 7.09. The Morgan fingerprint density at radius 1 is 1.22 bits per heavy atom. The average molecular weight is 391 g/mol. The third-order valence-electron chi connectivity index (χ3n) is 3.87. The highest BCUT2D eigenvalue weighted by molar-refractivity contribution is 7.11. The molecule has 0 aliphatic heterocycles. The van der Waals surface area contributed by atoms with E-state index < -0.39 is 0 Å². The van der Waals surface area contributed by atoms with E-state index in [1.807, 2.05) is 26.1 Å². The normalized spacial score (nSPS) is 11.3. The zero-order valence-corrected chi connectivity index (χ0v) is 17.5. The van der Waals surface area contributed by atoms with Crippen LogP contribution in [-0.4, -0.2) is 37.7 Å². The first-order valence-electron chi connectivity index (χ1n) is 9.39. The number of aliphatic imine (C=N–C) groups is 1. The summed E-state index contributed by atoms with van der Waals surface area (Å²) in [6.07, 6.45) is 3.86. The summed E-state index contributed by atoms with van der Waals surface area (Å²) in [5.74, 6) is 2.42. The number of thiazole rings is 1. The van der Waals surface area contributed by atoms with Crippen LogP contribution in [0.25, 0.3) is 0 Å². The fourth-order valence-corrected chi connectivity index (χ4v) is 3.34. The molecule has 0 radical (unpaired) electrons. The van der Waals surface area contributed by atoms with Crippen LogP contribution in [-0.2, 0) is 13.0 Å². The predicted octanol–water partition coefficient (Wildman–Crippen LogP) is 3.55. The largest absolute Gasteiger partial charge is 0.493 e. The molecule has 1 heterocycles. The number of nitrogens with zero attached hydrogens (tertiary/aromatic N) is 2. The Bertz CT molecular complexity index is 731. The van der Waals surface area contributed by atoms with Gasteiger partial charge in [0.05, 0.1) is 25.3 Å². The summed E-state index contributed by atoms with van der Waals surface area (Å²) in [7, 11) is 1.66. The van der Waals surface area contributed by atoms with E-state index in [0.29, 0.717) is 13.2 Å². The monoisotopic (exact) mass is 390 g/mol. The van der Waals surface area contributed by atoms with Gasteiger partial charge in [0.15, 0.2) is 17.5 Å². The molecule has 0 spiro atoms. The van der Waals surface area contributed by atoms with Crippen molar-refractivity contribution in [3.63, 3.8) is 0 Å². The van der Waals surface area contributed by atoms with E-state index in [9.17, 15) is 0 Å². The molecule has 0 saturated heterocycles. The number of hydrogen-bond donors (Lipinski definition) is 2. The van der Waals surface area contributed by atoms with E-state index >= 15 is 0 Å². The van der Waals surface area contributed by atoms with Gasteiger partial charge in [0.25, 0.3) is 0 Å². The Balaban J connectivity index is 1.83. The quantitative estimate of drug-likeness (QED) is 0.369. The van der Waals surface area contributed by atoms with E-state index in [1.54, 1.807) is 18.4 Å². The average Bonchev–Trinajstić information content (AvgIpc) is 3.09. The zero-order valence-electron chi connectivity index (χ0n) is 16.7. The van der Waals surface area contributed by atoms with Crippen molar-refractivity contribution in [2.45, 2.75) is 40.2 Å². The Morgan fingerprint density at radius 3 is 2.74 bits per heavy atom. The van der Waals surface area contributed by atoms with Crippen LogP contribution in [0, 0.1) is 6.92 Å². The smallest absolute Gasteiger partial charge is 0.191 e. The van der Waals surface area contributed by atoms with Gasteiger partial charge in [0.1, 0.15) is 0 Å². The van der Waals surface area contributed by atoms with Gasteiger partial charge in [0, 0.05) is 24.2 Å². The number of benzene rings is 1. The van der Waals surface area contributed by atoms with Gasteiger partial charge < -0.3 is 20.1 Å². The first kappa shape index (κ1) is 21.0. The van der Waals surface area contributed by atoms with Gasteiger partial charge in [-0.05, 0) is 51.3 Å². The zero-order chi connectivity index (χ0) is 19.5. The highest BCUT2D eigenvalue weighted by Gasteiger charge is 2.06. The molecule has 148 valence electrons. The van der Waals surface area contributed by atoms with Gasteiger partial charge in [-0.25, -0.2) is 9.98 Å². The molecule has 0 bridgehead atoms. The Morgan fingerprint density at radius 2 is 2.07 bits per heavy atom. The fraction of sp³-hybridized carbons (Fsp3) is 0.500. The number of methoxy groups -OCH3 is 1. The number of hydrogen-bond acceptors (Lipinski definition) is 5. The molecule has 0 atom stereocenters. The lowest BCUT2D eigenvalue weighted by Crippen LogP contribution is -2.37. The number of aromatic nitrogens is 1. The molecule has 7 heteroatoms. The molecule has 0 unspecified atom stereocenters. The van der Waals surface area contributed by atoms with Crippen molar-refractivity contribution in [3.8, 4) is 11.5 Å². The molecule has 0 aliphatic carbocycles. The van der Waals surface area contributed by atoms with E-state index in [1.165, 1.54) is 10.4 Å². The maximum atomic E-state index is 5.65. The Kier molecular flexibility index (Phi) is 8.91. The second-order valence-corrected chi connectivity index (χ2v) is 7.31. The summed E-state index contributed by atoms with van der Waals surface area (Å²) in [4.78, 5) is 10.1. The van der Waals surface area contributed by atoms with Gasteiger partial charge in [-0.3, -0.25) is 0 Å². The lowest BCUT2D eigenvalue weighted by atomic mass is 10.1. The van der Waals surface area contributed by atoms with Crippen LogP contribution in [0.3, 0.4) is 0 Å². The third-order valence-corrected chi connectivity index (χ3v) is 4.77. The number of ether oxygens (including phenoxy) is 2. The molecule has 0 fully saturated rings. The molecule has 27 heavy (non-hydrogen) atoms. The number of aryl methyl sites for hydroxylation is 2. The molecule has 0 saturated carbocycles. The maximum Gasteiger partial charge on any atom is 0.191 e. The molecule has 2 aromatic rings. The van der Waals surface area contributed by atoms with Gasteiger partial charge >= 0.3 is 0 Å². The van der Waals surface area contributed by atoms with Crippen molar-refractivity contribution in [1.82, 2.24) is 15.6 Å². The van der Waals surface area contributed by atoms with Gasteiger partial charge in [-0.15, -0.1) is 11.3 Å². The van der Waals surface area contributed by atoms with Crippen molar-refractivity contribution in [2.24, 2.45) is 4.99 Å². The van der Waals surface area contributed by atoms with E-state index in [4.69, 9.17) is 9.47 Å². The highest BCUT2D eigenvalue weighted by atomic mass is 32.1. The van der Waals surface area contributed by atoms with Crippen molar-refractivity contribution >= 4 is 17.3 Å². The van der Waals surface area contributed by atoms with E-state index in [0.717, 1.165) is 48.4 Å². The number of guanidine groups is 1. The van der Waals surface area contributed by atoms with Crippen molar-refractivity contribution < 1.29 is 9.47 Å². The molecule has 0 amide bonds. The van der Waals surface area contributed by atoms with Crippen LogP contribution in [0.1, 0.15) is 35.7 Å². The second-order valence-electron chi connectivity index (χ2n) is 5.99. The van der Waals surface area contributed by atoms with Gasteiger partial charge in [-0.1, -0.05) is 6.07 Å². The minimum Gasteiger partial charge on any atom is -0.493 e. The topological polar surface area (TPSA) is 67.8 Å². The summed E-state index contributed by atoms with van der Waals surface area (Å²) in [6, 6.07) is 6.12. The molecule has 2 rings (SSSR count). The van der Waals surface area contributed by atoms with Gasteiger partial charge in [0.2, 0.25) is 0 Å². The second kappa shape index (κ2) is 11.4. The van der Waals surface area contributed by atoms with Crippen LogP contribution in [0.5, 0.6) is 11.5 Å². The molecule has 1 aromatic carbocycles. The SMILES string of the molecule is CCNC(=NCc1cnc(C)s1)NCCCc1ccc(OC)c(OCC)c1. The number of nitrogens with one attached hydrogen (secondary N) is 2. The van der Waals surface area contributed by atoms with Crippen molar-refractivity contribution in [3.05, 3.63) is 39.8 Å². The summed E-state index contributed by atoms with van der Waals surface area (Å²) in [5, 5.41) is 7.76. The predicted molar refractivity (Wildman–Crippen MR) is 112 cm³/mol. The molecule has 0 aliphatic rings. The van der Waals surface area contributed by atoms with Crippen LogP contribution < -0.4 is 20.1 Å². The minimum absolute atomic E-state index is 0.628. The van der Waals surface area contributed by atoms with Crippen molar-refractivity contribution in [1.29, 1.82) is 0 Å². The highest BCUT2D eigenvalue weighted by Crippen LogP contribution is 2.28. The first-order valence-corrected chi connectivity index (χ1v) is 10.2. The molecule has 2 N–H and O–H groups in total. The molecule has 6 nitrogen and oxygen atoms in total. The Labute approximate surface area is 166 Å². The van der Waals surface area contributed by atoms with E-state index in [-0.39, 0.29) is 0 Å². The van der Waals surface area contributed by atoms with Crippen LogP contribution >= 0.6 is 11.3 Å². The summed E-state index contributed by atoms with van der Waals surface area (Å²) in [6.45, 7) is 9.02. The molecular weight excluding hydrogens is 360 g/mol. The van der Waals surface area contributed by atoms with Crippen LogP contribution in [0.15, 0.2) is 29.4 Å². The van der Waals surface area contributed by atoms with Crippen LogP contribution in [0.4, 0.5) is 0 Å². The van der Waals surface area contributed by atoms with Gasteiger partial charge in [-0.2, -0.15) is 0 Å². The van der Waals surface area contributed by atoms with Crippen molar-refractivity contribution in [2.75, 3.05) is 26.8 Å².